The van der Waals surface area contributed by atoms with Crippen LogP contribution in [0.5, 0.6) is 0 Å². The summed E-state index contributed by atoms with van der Waals surface area (Å²) in [6.45, 7) is 12.4. The van der Waals surface area contributed by atoms with Gasteiger partial charge in [-0.15, -0.1) is 0 Å². The number of nitrogens with zero attached hydrogens (tertiary/aromatic N) is 1. The van der Waals surface area contributed by atoms with Crippen molar-refractivity contribution in [2.75, 3.05) is 32.7 Å². The SMILES string of the molecule is Cc1cc(C)c(CCNC(=O)CN2CCC(C)(CN)C2)c(C)c1. The van der Waals surface area contributed by atoms with E-state index in [0.29, 0.717) is 19.6 Å². The lowest BCUT2D eigenvalue weighted by Gasteiger charge is -2.22. The Morgan fingerprint density at radius 1 is 1.30 bits per heavy atom. The number of nitrogens with two attached hydrogens (primary N) is 1. The molecule has 1 aromatic carbocycles. The van der Waals surface area contributed by atoms with Gasteiger partial charge in [-0.2, -0.15) is 0 Å². The highest BCUT2D eigenvalue weighted by molar-refractivity contribution is 5.78. The number of hydrogen-bond acceptors (Lipinski definition) is 3. The van der Waals surface area contributed by atoms with Crippen molar-refractivity contribution in [2.24, 2.45) is 11.1 Å². The average Bonchev–Trinajstić information content (AvgIpc) is 2.83. The lowest BCUT2D eigenvalue weighted by molar-refractivity contribution is -0.122. The Hall–Kier alpha value is -1.39. The van der Waals surface area contributed by atoms with Gasteiger partial charge in [0.2, 0.25) is 5.91 Å². The van der Waals surface area contributed by atoms with Crippen molar-refractivity contribution < 1.29 is 4.79 Å². The Morgan fingerprint density at radius 3 is 2.52 bits per heavy atom. The molecule has 1 heterocycles. The molecule has 4 heteroatoms. The molecule has 1 fully saturated rings. The monoisotopic (exact) mass is 317 g/mol. The van der Waals surface area contributed by atoms with Gasteiger partial charge < -0.3 is 11.1 Å². The minimum absolute atomic E-state index is 0.119. The lowest BCUT2D eigenvalue weighted by atomic mass is 9.90. The van der Waals surface area contributed by atoms with Gasteiger partial charge in [0.1, 0.15) is 0 Å². The minimum Gasteiger partial charge on any atom is -0.355 e. The van der Waals surface area contributed by atoms with E-state index in [4.69, 9.17) is 5.73 Å². The Bertz CT molecular complexity index is 547. The lowest BCUT2D eigenvalue weighted by Crippen LogP contribution is -2.39. The van der Waals surface area contributed by atoms with Crippen molar-refractivity contribution in [3.63, 3.8) is 0 Å². The van der Waals surface area contributed by atoms with Crippen molar-refractivity contribution >= 4 is 5.91 Å². The molecule has 0 aliphatic carbocycles. The standard InChI is InChI=1S/C19H31N3O/c1-14-9-15(2)17(16(3)10-14)5-7-21-18(23)11-22-8-6-19(4,12-20)13-22/h9-10H,5-8,11-13,20H2,1-4H3,(H,21,23). The summed E-state index contributed by atoms with van der Waals surface area (Å²) in [6.07, 6.45) is 1.97. The molecular formula is C19H31N3O. The summed E-state index contributed by atoms with van der Waals surface area (Å²) in [7, 11) is 0. The molecule has 4 nitrogen and oxygen atoms in total. The highest BCUT2D eigenvalue weighted by Gasteiger charge is 2.32. The third-order valence-electron chi connectivity index (χ3n) is 5.03. The van der Waals surface area contributed by atoms with E-state index in [1.807, 2.05) is 0 Å². The van der Waals surface area contributed by atoms with Crippen molar-refractivity contribution in [2.45, 2.75) is 40.5 Å². The number of benzene rings is 1. The third kappa shape index (κ3) is 4.79. The summed E-state index contributed by atoms with van der Waals surface area (Å²) in [5.74, 6) is 0.119. The van der Waals surface area contributed by atoms with Crippen LogP contribution in [0.4, 0.5) is 0 Å². The summed E-state index contributed by atoms with van der Waals surface area (Å²) in [6, 6.07) is 4.42. The van der Waals surface area contributed by atoms with E-state index in [0.717, 1.165) is 25.9 Å². The van der Waals surface area contributed by atoms with Crippen LogP contribution >= 0.6 is 0 Å². The van der Waals surface area contributed by atoms with Crippen LogP contribution in [0.25, 0.3) is 0 Å². The number of rotatable bonds is 6. The van der Waals surface area contributed by atoms with Crippen LogP contribution in [0.1, 0.15) is 35.6 Å². The fourth-order valence-electron chi connectivity index (χ4n) is 3.62. The Balaban J connectivity index is 1.78. The second kappa shape index (κ2) is 7.45. The van der Waals surface area contributed by atoms with Gasteiger partial charge in [-0.1, -0.05) is 24.6 Å². The maximum absolute atomic E-state index is 12.1. The van der Waals surface area contributed by atoms with Crippen LogP contribution in [-0.2, 0) is 11.2 Å². The van der Waals surface area contributed by atoms with E-state index in [9.17, 15) is 4.79 Å². The van der Waals surface area contributed by atoms with Gasteiger partial charge in [0.15, 0.2) is 0 Å². The first-order valence-corrected chi connectivity index (χ1v) is 8.59. The normalized spacial score (nSPS) is 21.6. The zero-order valence-electron chi connectivity index (χ0n) is 15.0. The fourth-order valence-corrected chi connectivity index (χ4v) is 3.62. The molecule has 1 aliphatic heterocycles. The van der Waals surface area contributed by atoms with E-state index < -0.39 is 0 Å². The molecule has 1 amide bonds. The molecule has 0 spiro atoms. The summed E-state index contributed by atoms with van der Waals surface area (Å²) in [5.41, 5.74) is 11.3. The molecular weight excluding hydrogens is 286 g/mol. The van der Waals surface area contributed by atoms with Crippen molar-refractivity contribution in [1.82, 2.24) is 10.2 Å². The average molecular weight is 317 g/mol. The molecule has 0 radical (unpaired) electrons. The number of carbonyl (C=O) groups is 1. The zero-order valence-corrected chi connectivity index (χ0v) is 15.0. The number of amides is 1. The highest BCUT2D eigenvalue weighted by atomic mass is 16.2. The molecule has 0 aromatic heterocycles. The number of likely N-dealkylation sites (tertiary alicyclic amines) is 1. The van der Waals surface area contributed by atoms with E-state index in [1.165, 1.54) is 22.3 Å². The molecule has 1 unspecified atom stereocenters. The fraction of sp³-hybridized carbons (Fsp3) is 0.632. The van der Waals surface area contributed by atoms with Gasteiger partial charge in [-0.3, -0.25) is 9.69 Å². The maximum Gasteiger partial charge on any atom is 0.234 e. The molecule has 0 saturated carbocycles. The van der Waals surface area contributed by atoms with Gasteiger partial charge >= 0.3 is 0 Å². The van der Waals surface area contributed by atoms with Gasteiger partial charge in [0.05, 0.1) is 6.54 Å². The summed E-state index contributed by atoms with van der Waals surface area (Å²) in [4.78, 5) is 14.3. The van der Waals surface area contributed by atoms with Gasteiger partial charge in [0, 0.05) is 13.1 Å². The van der Waals surface area contributed by atoms with Crippen LogP contribution in [0.15, 0.2) is 12.1 Å². The molecule has 1 aromatic rings. The first-order valence-electron chi connectivity index (χ1n) is 8.59. The zero-order chi connectivity index (χ0) is 17.0. The van der Waals surface area contributed by atoms with E-state index in [-0.39, 0.29) is 11.3 Å². The molecule has 0 bridgehead atoms. The number of hydrogen-bond donors (Lipinski definition) is 2. The second-order valence-corrected chi connectivity index (χ2v) is 7.45. The molecule has 23 heavy (non-hydrogen) atoms. The number of aryl methyl sites for hydroxylation is 3. The number of nitrogens with one attached hydrogen (secondary N) is 1. The summed E-state index contributed by atoms with van der Waals surface area (Å²) >= 11 is 0. The second-order valence-electron chi connectivity index (χ2n) is 7.45. The van der Waals surface area contributed by atoms with E-state index in [1.54, 1.807) is 0 Å². The number of carbonyl (C=O) groups excluding carboxylic acids is 1. The van der Waals surface area contributed by atoms with Crippen LogP contribution in [0.3, 0.4) is 0 Å². The van der Waals surface area contributed by atoms with E-state index >= 15 is 0 Å². The quantitative estimate of drug-likeness (QED) is 0.843. The van der Waals surface area contributed by atoms with Gasteiger partial charge in [0.25, 0.3) is 0 Å². The molecule has 3 N–H and O–H groups in total. The maximum atomic E-state index is 12.1. The van der Waals surface area contributed by atoms with Crippen molar-refractivity contribution in [1.29, 1.82) is 0 Å². The van der Waals surface area contributed by atoms with Gasteiger partial charge in [-0.05, 0) is 68.8 Å². The highest BCUT2D eigenvalue weighted by Crippen LogP contribution is 2.27. The Labute approximate surface area is 140 Å². The predicted octanol–water partition coefficient (Wildman–Crippen LogP) is 1.94. The smallest absolute Gasteiger partial charge is 0.234 e. The van der Waals surface area contributed by atoms with Crippen LogP contribution in [-0.4, -0.2) is 43.5 Å². The molecule has 1 aliphatic rings. The Kier molecular flexibility index (Phi) is 5.82. The van der Waals surface area contributed by atoms with Crippen LogP contribution in [0, 0.1) is 26.2 Å². The van der Waals surface area contributed by atoms with E-state index in [2.05, 4.69) is 50.0 Å². The van der Waals surface area contributed by atoms with Crippen LogP contribution < -0.4 is 11.1 Å². The first kappa shape index (κ1) is 18.0. The molecule has 1 atom stereocenters. The summed E-state index contributed by atoms with van der Waals surface area (Å²) < 4.78 is 0. The largest absolute Gasteiger partial charge is 0.355 e. The predicted molar refractivity (Wildman–Crippen MR) is 95.6 cm³/mol. The molecule has 1 saturated heterocycles. The van der Waals surface area contributed by atoms with Crippen LogP contribution in [0.2, 0.25) is 0 Å². The third-order valence-corrected chi connectivity index (χ3v) is 5.03. The minimum atomic E-state index is 0.119. The summed E-state index contributed by atoms with van der Waals surface area (Å²) in [5, 5.41) is 3.06. The topological polar surface area (TPSA) is 58.4 Å². The van der Waals surface area contributed by atoms with Crippen molar-refractivity contribution in [3.8, 4) is 0 Å². The van der Waals surface area contributed by atoms with Gasteiger partial charge in [-0.25, -0.2) is 0 Å². The first-order chi connectivity index (χ1) is 10.8. The Morgan fingerprint density at radius 2 is 1.96 bits per heavy atom. The molecule has 128 valence electrons. The van der Waals surface area contributed by atoms with Crippen molar-refractivity contribution in [3.05, 3.63) is 34.4 Å². The molecule has 2 rings (SSSR count).